The summed E-state index contributed by atoms with van der Waals surface area (Å²) in [6, 6.07) is 8.37. The molecule has 4 nitrogen and oxygen atoms in total. The molecule has 1 aromatic carbocycles. The molecule has 2 aromatic heterocycles. The molecule has 0 atom stereocenters. The average Bonchev–Trinajstić information content (AvgIpc) is 2.83. The Morgan fingerprint density at radius 2 is 1.75 bits per heavy atom. The Morgan fingerprint density at radius 1 is 1.05 bits per heavy atom. The molecule has 3 rings (SSSR count). The number of hydrogen-bond acceptors (Lipinski definition) is 3. The lowest BCUT2D eigenvalue weighted by molar-refractivity contribution is 0.590. The third kappa shape index (κ3) is 2.16. The molecule has 0 unspecified atom stereocenters. The van der Waals surface area contributed by atoms with Crippen LogP contribution in [0.25, 0.3) is 17.0 Å². The van der Waals surface area contributed by atoms with E-state index in [2.05, 4.69) is 60.2 Å². The van der Waals surface area contributed by atoms with Crippen molar-refractivity contribution in [3.63, 3.8) is 0 Å². The number of nitrogens with zero attached hydrogens (tertiary/aromatic N) is 4. The predicted octanol–water partition coefficient (Wildman–Crippen LogP) is 3.74. The molecular weight excluding hydrogens is 272 g/mol. The summed E-state index contributed by atoms with van der Waals surface area (Å²) in [5.41, 5.74) is 3.00. The second kappa shape index (κ2) is 4.56. The summed E-state index contributed by atoms with van der Waals surface area (Å²) in [6.45, 7) is 6.58. The van der Waals surface area contributed by atoms with Gasteiger partial charge in [-0.05, 0) is 11.0 Å². The van der Waals surface area contributed by atoms with Gasteiger partial charge in [-0.1, -0.05) is 56.6 Å². The van der Waals surface area contributed by atoms with Crippen molar-refractivity contribution in [1.29, 1.82) is 0 Å². The second-order valence-corrected chi connectivity index (χ2v) is 6.12. The molecule has 0 fully saturated rings. The second-order valence-electron chi connectivity index (χ2n) is 5.76. The number of rotatable bonds is 1. The van der Waals surface area contributed by atoms with Gasteiger partial charge in [0, 0.05) is 18.0 Å². The van der Waals surface area contributed by atoms with Crippen molar-refractivity contribution in [2.75, 3.05) is 0 Å². The highest BCUT2D eigenvalue weighted by Crippen LogP contribution is 2.26. The van der Waals surface area contributed by atoms with Crippen LogP contribution in [0.4, 0.5) is 0 Å². The lowest BCUT2D eigenvalue weighted by atomic mass is 9.87. The van der Waals surface area contributed by atoms with Crippen molar-refractivity contribution in [2.24, 2.45) is 0 Å². The highest BCUT2D eigenvalue weighted by Gasteiger charge is 2.15. The topological polar surface area (TPSA) is 43.1 Å². The fourth-order valence-corrected chi connectivity index (χ4v) is 2.30. The van der Waals surface area contributed by atoms with Gasteiger partial charge in [0.15, 0.2) is 16.6 Å². The maximum absolute atomic E-state index is 6.01. The van der Waals surface area contributed by atoms with E-state index in [1.165, 1.54) is 5.56 Å². The summed E-state index contributed by atoms with van der Waals surface area (Å²) in [5, 5.41) is 8.65. The number of fused-ring (bicyclic) bond motifs is 1. The summed E-state index contributed by atoms with van der Waals surface area (Å²) in [5.74, 6) is 0.768. The Bertz CT molecular complexity index is 754. The molecule has 0 radical (unpaired) electrons. The first kappa shape index (κ1) is 13.1. The summed E-state index contributed by atoms with van der Waals surface area (Å²) in [6.07, 6.45) is 3.46. The molecule has 0 spiro atoms. The minimum Gasteiger partial charge on any atom is -0.278 e. The number of aromatic nitrogens is 4. The van der Waals surface area contributed by atoms with Crippen LogP contribution in [0.3, 0.4) is 0 Å². The maximum atomic E-state index is 6.01. The van der Waals surface area contributed by atoms with Crippen LogP contribution in [-0.2, 0) is 5.41 Å². The van der Waals surface area contributed by atoms with Crippen LogP contribution in [0.1, 0.15) is 26.3 Å². The third-order valence-corrected chi connectivity index (χ3v) is 3.56. The van der Waals surface area contributed by atoms with Gasteiger partial charge in [0.25, 0.3) is 0 Å². The van der Waals surface area contributed by atoms with Crippen LogP contribution in [0.2, 0.25) is 5.15 Å². The van der Waals surface area contributed by atoms with Gasteiger partial charge < -0.3 is 0 Å². The van der Waals surface area contributed by atoms with Crippen molar-refractivity contribution in [2.45, 2.75) is 26.2 Å². The van der Waals surface area contributed by atoms with E-state index >= 15 is 0 Å². The van der Waals surface area contributed by atoms with E-state index in [-0.39, 0.29) is 5.41 Å². The standard InChI is InChI=1S/C15H15ClN4/c1-15(2,3)11-6-4-10(5-7-11)13-18-19-14-12(16)17-8-9-20(13)14/h4-9H,1-3H3. The molecular formula is C15H15ClN4. The van der Waals surface area contributed by atoms with Gasteiger partial charge >= 0.3 is 0 Å². The minimum atomic E-state index is 0.138. The Hall–Kier alpha value is -1.94. The Balaban J connectivity index is 2.10. The molecule has 0 amide bonds. The van der Waals surface area contributed by atoms with E-state index in [9.17, 15) is 0 Å². The predicted molar refractivity (Wildman–Crippen MR) is 79.9 cm³/mol. The number of halogens is 1. The summed E-state index contributed by atoms with van der Waals surface area (Å²) in [7, 11) is 0. The molecule has 102 valence electrons. The largest absolute Gasteiger partial charge is 0.278 e. The highest BCUT2D eigenvalue weighted by atomic mass is 35.5. The molecule has 0 N–H and O–H groups in total. The van der Waals surface area contributed by atoms with Gasteiger partial charge in [0.2, 0.25) is 0 Å². The lowest BCUT2D eigenvalue weighted by Gasteiger charge is -2.18. The minimum absolute atomic E-state index is 0.138. The van der Waals surface area contributed by atoms with Gasteiger partial charge in [0.05, 0.1) is 0 Å². The van der Waals surface area contributed by atoms with E-state index < -0.39 is 0 Å². The first-order valence-electron chi connectivity index (χ1n) is 6.43. The summed E-state index contributed by atoms with van der Waals surface area (Å²) in [4.78, 5) is 4.00. The van der Waals surface area contributed by atoms with Gasteiger partial charge in [-0.2, -0.15) is 0 Å². The first-order valence-corrected chi connectivity index (χ1v) is 6.81. The van der Waals surface area contributed by atoms with Crippen molar-refractivity contribution < 1.29 is 0 Å². The molecule has 2 heterocycles. The fraction of sp³-hybridized carbons (Fsp3) is 0.267. The van der Waals surface area contributed by atoms with Gasteiger partial charge in [-0.15, -0.1) is 10.2 Å². The smallest absolute Gasteiger partial charge is 0.198 e. The molecule has 0 aliphatic heterocycles. The monoisotopic (exact) mass is 286 g/mol. The van der Waals surface area contributed by atoms with Crippen LogP contribution < -0.4 is 0 Å². The highest BCUT2D eigenvalue weighted by molar-refractivity contribution is 6.32. The van der Waals surface area contributed by atoms with E-state index in [4.69, 9.17) is 11.6 Å². The van der Waals surface area contributed by atoms with Gasteiger partial charge in [-0.3, -0.25) is 4.40 Å². The summed E-state index contributed by atoms with van der Waals surface area (Å²) < 4.78 is 1.85. The van der Waals surface area contributed by atoms with Crippen molar-refractivity contribution in [3.8, 4) is 11.4 Å². The van der Waals surface area contributed by atoms with E-state index in [0.29, 0.717) is 10.8 Å². The van der Waals surface area contributed by atoms with E-state index in [0.717, 1.165) is 11.4 Å². The average molecular weight is 287 g/mol. The quantitative estimate of drug-likeness (QED) is 0.684. The molecule has 0 saturated carbocycles. The molecule has 0 aliphatic carbocycles. The van der Waals surface area contributed by atoms with E-state index in [1.54, 1.807) is 6.20 Å². The van der Waals surface area contributed by atoms with Gasteiger partial charge in [-0.25, -0.2) is 4.98 Å². The zero-order valence-electron chi connectivity index (χ0n) is 11.6. The molecule has 5 heteroatoms. The van der Waals surface area contributed by atoms with Crippen LogP contribution in [-0.4, -0.2) is 19.6 Å². The maximum Gasteiger partial charge on any atom is 0.198 e. The molecule has 0 saturated heterocycles. The van der Waals surface area contributed by atoms with Crippen LogP contribution in [0, 0.1) is 0 Å². The SMILES string of the molecule is CC(C)(C)c1ccc(-c2nnc3c(Cl)nccn23)cc1. The zero-order chi connectivity index (χ0) is 14.3. The van der Waals surface area contributed by atoms with Crippen LogP contribution in [0.15, 0.2) is 36.7 Å². The molecule has 0 bridgehead atoms. The molecule has 0 aliphatic rings. The Kier molecular flexibility index (Phi) is 2.98. The van der Waals surface area contributed by atoms with Crippen molar-refractivity contribution in [1.82, 2.24) is 19.6 Å². The summed E-state index contributed by atoms with van der Waals surface area (Å²) >= 11 is 6.01. The van der Waals surface area contributed by atoms with Gasteiger partial charge in [0.1, 0.15) is 0 Å². The van der Waals surface area contributed by atoms with Crippen LogP contribution in [0.5, 0.6) is 0 Å². The molecule has 20 heavy (non-hydrogen) atoms. The molecule has 3 aromatic rings. The van der Waals surface area contributed by atoms with E-state index in [1.807, 2.05) is 10.6 Å². The third-order valence-electron chi connectivity index (χ3n) is 3.29. The van der Waals surface area contributed by atoms with Crippen molar-refractivity contribution >= 4 is 17.2 Å². The van der Waals surface area contributed by atoms with Crippen LogP contribution >= 0.6 is 11.6 Å². The number of benzene rings is 1. The lowest BCUT2D eigenvalue weighted by Crippen LogP contribution is -2.10. The normalized spacial score (nSPS) is 12.0. The zero-order valence-corrected chi connectivity index (χ0v) is 12.4. The fourth-order valence-electron chi connectivity index (χ4n) is 2.11. The number of hydrogen-bond donors (Lipinski definition) is 0. The van der Waals surface area contributed by atoms with Crippen molar-refractivity contribution in [3.05, 3.63) is 47.4 Å². The first-order chi connectivity index (χ1) is 9.47. The Morgan fingerprint density at radius 3 is 2.40 bits per heavy atom. The Labute approximate surface area is 122 Å².